The third-order valence-corrected chi connectivity index (χ3v) is 5.68. The highest BCUT2D eigenvalue weighted by Crippen LogP contribution is 2.26. The standard InChI is InChI=1S/C25H26N2O/c1-17-14-18(2)20(4)22(19(17)3)15-27-24-13-9-8-12-23(24)26-25(27)16-28-21-10-6-5-7-11-21/h5-14H,15-16H2,1-4H3. The second-order valence-corrected chi connectivity index (χ2v) is 7.44. The first kappa shape index (κ1) is 18.3. The maximum Gasteiger partial charge on any atom is 0.148 e. The van der Waals surface area contributed by atoms with E-state index in [1.165, 1.54) is 27.8 Å². The lowest BCUT2D eigenvalue weighted by atomic mass is 9.94. The second kappa shape index (κ2) is 7.51. The van der Waals surface area contributed by atoms with Crippen LogP contribution in [0.4, 0.5) is 0 Å². The highest BCUT2D eigenvalue weighted by Gasteiger charge is 2.15. The number of para-hydroxylation sites is 3. The first-order valence-corrected chi connectivity index (χ1v) is 9.73. The second-order valence-electron chi connectivity index (χ2n) is 7.44. The van der Waals surface area contributed by atoms with E-state index in [1.807, 2.05) is 36.4 Å². The Morgan fingerprint density at radius 2 is 1.46 bits per heavy atom. The fourth-order valence-corrected chi connectivity index (χ4v) is 3.77. The average molecular weight is 370 g/mol. The maximum absolute atomic E-state index is 6.02. The van der Waals surface area contributed by atoms with Crippen molar-refractivity contribution < 1.29 is 4.74 Å². The molecule has 0 N–H and O–H groups in total. The van der Waals surface area contributed by atoms with Gasteiger partial charge in [-0.05, 0) is 79.8 Å². The van der Waals surface area contributed by atoms with Crippen molar-refractivity contribution in [3.05, 3.63) is 94.3 Å². The molecule has 28 heavy (non-hydrogen) atoms. The summed E-state index contributed by atoms with van der Waals surface area (Å²) in [5, 5.41) is 0. The number of nitrogens with zero attached hydrogens (tertiary/aromatic N) is 2. The highest BCUT2D eigenvalue weighted by atomic mass is 16.5. The number of aromatic nitrogens is 2. The fraction of sp³-hybridized carbons (Fsp3) is 0.240. The van der Waals surface area contributed by atoms with Crippen molar-refractivity contribution in [1.29, 1.82) is 0 Å². The molecule has 0 aliphatic rings. The predicted molar refractivity (Wildman–Crippen MR) is 115 cm³/mol. The summed E-state index contributed by atoms with van der Waals surface area (Å²) in [5.74, 6) is 1.81. The molecule has 0 spiro atoms. The van der Waals surface area contributed by atoms with Crippen molar-refractivity contribution in [3.8, 4) is 5.75 Å². The van der Waals surface area contributed by atoms with Crippen LogP contribution < -0.4 is 4.74 Å². The summed E-state index contributed by atoms with van der Waals surface area (Å²) in [7, 11) is 0. The molecule has 1 heterocycles. The Morgan fingerprint density at radius 1 is 0.821 bits per heavy atom. The van der Waals surface area contributed by atoms with Crippen LogP contribution in [0.3, 0.4) is 0 Å². The molecule has 142 valence electrons. The third kappa shape index (κ3) is 3.40. The number of hydrogen-bond donors (Lipinski definition) is 0. The summed E-state index contributed by atoms with van der Waals surface area (Å²) >= 11 is 0. The van der Waals surface area contributed by atoms with Crippen molar-refractivity contribution in [2.24, 2.45) is 0 Å². The van der Waals surface area contributed by atoms with Crippen molar-refractivity contribution in [2.75, 3.05) is 0 Å². The molecule has 0 saturated heterocycles. The van der Waals surface area contributed by atoms with Gasteiger partial charge in [0, 0.05) is 0 Å². The van der Waals surface area contributed by atoms with Gasteiger partial charge in [0.15, 0.2) is 0 Å². The number of ether oxygens (including phenoxy) is 1. The topological polar surface area (TPSA) is 27.1 Å². The van der Waals surface area contributed by atoms with E-state index in [1.54, 1.807) is 0 Å². The van der Waals surface area contributed by atoms with Gasteiger partial charge in [-0.25, -0.2) is 4.98 Å². The van der Waals surface area contributed by atoms with Gasteiger partial charge >= 0.3 is 0 Å². The quantitative estimate of drug-likeness (QED) is 0.437. The summed E-state index contributed by atoms with van der Waals surface area (Å²) in [6, 6.07) is 20.5. The first-order chi connectivity index (χ1) is 13.5. The molecule has 4 rings (SSSR count). The van der Waals surface area contributed by atoms with E-state index in [4.69, 9.17) is 9.72 Å². The number of rotatable bonds is 5. The van der Waals surface area contributed by atoms with Gasteiger partial charge in [-0.3, -0.25) is 0 Å². The minimum absolute atomic E-state index is 0.446. The molecule has 3 nitrogen and oxygen atoms in total. The maximum atomic E-state index is 6.02. The molecule has 0 aliphatic heterocycles. The van der Waals surface area contributed by atoms with E-state index < -0.39 is 0 Å². The summed E-state index contributed by atoms with van der Waals surface area (Å²) < 4.78 is 8.32. The molecule has 0 atom stereocenters. The first-order valence-electron chi connectivity index (χ1n) is 9.73. The molecule has 0 unspecified atom stereocenters. The minimum atomic E-state index is 0.446. The molecule has 0 saturated carbocycles. The largest absolute Gasteiger partial charge is 0.486 e. The van der Waals surface area contributed by atoms with Gasteiger partial charge in [0.05, 0.1) is 17.6 Å². The smallest absolute Gasteiger partial charge is 0.148 e. The van der Waals surface area contributed by atoms with Crippen molar-refractivity contribution in [3.63, 3.8) is 0 Å². The molecule has 0 amide bonds. The summed E-state index contributed by atoms with van der Waals surface area (Å²) in [6.45, 7) is 10.1. The van der Waals surface area contributed by atoms with E-state index in [0.717, 1.165) is 29.2 Å². The summed E-state index contributed by atoms with van der Waals surface area (Å²) in [5.41, 5.74) is 8.92. The van der Waals surface area contributed by atoms with Crippen molar-refractivity contribution >= 4 is 11.0 Å². The molecule has 0 fully saturated rings. The Bertz CT molecular complexity index is 1100. The molecule has 0 aliphatic carbocycles. The molecule has 0 radical (unpaired) electrons. The number of aryl methyl sites for hydroxylation is 2. The summed E-state index contributed by atoms with van der Waals surface area (Å²) in [6.07, 6.45) is 0. The van der Waals surface area contributed by atoms with Crippen LogP contribution in [0.15, 0.2) is 60.7 Å². The number of imidazole rings is 1. The zero-order valence-electron chi connectivity index (χ0n) is 17.0. The highest BCUT2D eigenvalue weighted by molar-refractivity contribution is 5.76. The Hall–Kier alpha value is -3.07. The van der Waals surface area contributed by atoms with Crippen LogP contribution in [0.5, 0.6) is 5.75 Å². The van der Waals surface area contributed by atoms with Gasteiger partial charge in [-0.2, -0.15) is 0 Å². The van der Waals surface area contributed by atoms with Gasteiger partial charge in [0.1, 0.15) is 18.2 Å². The van der Waals surface area contributed by atoms with Crippen LogP contribution in [-0.2, 0) is 13.2 Å². The van der Waals surface area contributed by atoms with E-state index in [9.17, 15) is 0 Å². The van der Waals surface area contributed by atoms with Crippen LogP contribution in [0, 0.1) is 27.7 Å². The van der Waals surface area contributed by atoms with Gasteiger partial charge in [0.25, 0.3) is 0 Å². The van der Waals surface area contributed by atoms with Gasteiger partial charge in [-0.15, -0.1) is 0 Å². The number of hydrogen-bond acceptors (Lipinski definition) is 2. The lowest BCUT2D eigenvalue weighted by Crippen LogP contribution is -2.11. The van der Waals surface area contributed by atoms with E-state index in [0.29, 0.717) is 6.61 Å². The van der Waals surface area contributed by atoms with Crippen LogP contribution in [0.1, 0.15) is 33.6 Å². The summed E-state index contributed by atoms with van der Waals surface area (Å²) in [4.78, 5) is 4.87. The lowest BCUT2D eigenvalue weighted by Gasteiger charge is -2.18. The molecule has 0 bridgehead atoms. The van der Waals surface area contributed by atoms with Gasteiger partial charge in [0.2, 0.25) is 0 Å². The third-order valence-electron chi connectivity index (χ3n) is 5.68. The normalized spacial score (nSPS) is 11.1. The van der Waals surface area contributed by atoms with Crippen molar-refractivity contribution in [1.82, 2.24) is 9.55 Å². The van der Waals surface area contributed by atoms with Crippen LogP contribution >= 0.6 is 0 Å². The van der Waals surface area contributed by atoms with E-state index in [2.05, 4.69) is 56.5 Å². The van der Waals surface area contributed by atoms with E-state index >= 15 is 0 Å². The Balaban J connectivity index is 1.76. The van der Waals surface area contributed by atoms with Gasteiger partial charge in [-0.1, -0.05) is 36.4 Å². The lowest BCUT2D eigenvalue weighted by molar-refractivity contribution is 0.291. The Morgan fingerprint density at radius 3 is 2.18 bits per heavy atom. The molecule has 4 aromatic rings. The van der Waals surface area contributed by atoms with Gasteiger partial charge < -0.3 is 9.30 Å². The van der Waals surface area contributed by atoms with Crippen LogP contribution in [-0.4, -0.2) is 9.55 Å². The zero-order chi connectivity index (χ0) is 19.7. The minimum Gasteiger partial charge on any atom is -0.486 e. The Labute approximate surface area is 166 Å². The molecular formula is C25H26N2O. The fourth-order valence-electron chi connectivity index (χ4n) is 3.77. The average Bonchev–Trinajstić information content (AvgIpc) is 3.06. The number of fused-ring (bicyclic) bond motifs is 1. The monoisotopic (exact) mass is 370 g/mol. The number of benzene rings is 3. The predicted octanol–water partition coefficient (Wildman–Crippen LogP) is 5.90. The zero-order valence-corrected chi connectivity index (χ0v) is 17.0. The molecule has 1 aromatic heterocycles. The van der Waals surface area contributed by atoms with Crippen LogP contribution in [0.25, 0.3) is 11.0 Å². The molecule has 3 aromatic carbocycles. The van der Waals surface area contributed by atoms with Crippen molar-refractivity contribution in [2.45, 2.75) is 40.8 Å². The Kier molecular flexibility index (Phi) is 4.91. The molecular weight excluding hydrogens is 344 g/mol. The van der Waals surface area contributed by atoms with E-state index in [-0.39, 0.29) is 0 Å². The van der Waals surface area contributed by atoms with Crippen LogP contribution in [0.2, 0.25) is 0 Å². The molecule has 3 heteroatoms. The SMILES string of the molecule is Cc1cc(C)c(C)c(Cn2c(COc3ccccc3)nc3ccccc32)c1C.